The molecule has 0 fully saturated rings. The Kier molecular flexibility index (Phi) is 8.28. The number of carbonyl (C=O) groups is 2. The molecule has 0 bridgehead atoms. The Morgan fingerprint density at radius 2 is 2.00 bits per heavy atom. The third-order valence-electron chi connectivity index (χ3n) is 4.64. The number of likely N-dealkylation sites (N-methyl/N-ethyl adjacent to an activating group) is 1. The Morgan fingerprint density at radius 3 is 2.76 bits per heavy atom. The van der Waals surface area contributed by atoms with Crippen molar-refractivity contribution in [1.29, 1.82) is 0 Å². The minimum absolute atomic E-state index is 0.0394. The maximum atomic E-state index is 12.9. The van der Waals surface area contributed by atoms with Crippen LogP contribution in [0.1, 0.15) is 12.0 Å². The third-order valence-corrected chi connectivity index (χ3v) is 4.64. The van der Waals surface area contributed by atoms with E-state index < -0.39 is 6.08 Å². The molecule has 0 aliphatic rings. The maximum Gasteiger partial charge on any atom is 0.310 e. The molecule has 1 aromatic carbocycles. The molecule has 0 saturated heterocycles. The van der Waals surface area contributed by atoms with Crippen LogP contribution in [0.2, 0.25) is 0 Å². The van der Waals surface area contributed by atoms with Crippen molar-refractivity contribution >= 4 is 23.3 Å². The smallest absolute Gasteiger partial charge is 0.310 e. The molecule has 11 heteroatoms. The van der Waals surface area contributed by atoms with Gasteiger partial charge in [0.25, 0.3) is 0 Å². The second-order valence-corrected chi connectivity index (χ2v) is 7.34. The molecule has 0 aliphatic heterocycles. The van der Waals surface area contributed by atoms with Crippen molar-refractivity contribution in [2.75, 3.05) is 37.4 Å². The summed E-state index contributed by atoms with van der Waals surface area (Å²) >= 11 is 0. The van der Waals surface area contributed by atoms with Crippen molar-refractivity contribution in [1.82, 2.24) is 24.6 Å². The van der Waals surface area contributed by atoms with Crippen molar-refractivity contribution in [3.8, 4) is 5.75 Å². The molecular weight excluding hydrogens is 429 g/mol. The van der Waals surface area contributed by atoms with Crippen LogP contribution in [0.3, 0.4) is 0 Å². The highest BCUT2D eigenvalue weighted by molar-refractivity contribution is 5.90. The molecule has 2 N–H and O–H groups in total. The number of anilines is 2. The Bertz CT molecular complexity index is 1070. The van der Waals surface area contributed by atoms with Crippen molar-refractivity contribution in [2.24, 2.45) is 0 Å². The van der Waals surface area contributed by atoms with Gasteiger partial charge in [0.05, 0.1) is 18.4 Å². The summed E-state index contributed by atoms with van der Waals surface area (Å²) in [5, 5.41) is 9.66. The number of amides is 2. The predicted octanol–water partition coefficient (Wildman–Crippen LogP) is 2.10. The first kappa shape index (κ1) is 23.6. The zero-order valence-electron chi connectivity index (χ0n) is 18.5. The summed E-state index contributed by atoms with van der Waals surface area (Å²) < 4.78 is 20.1. The number of benzene rings is 1. The Balaban J connectivity index is 1.36. The lowest BCUT2D eigenvalue weighted by Gasteiger charge is -2.17. The lowest BCUT2D eigenvalue weighted by atomic mass is 10.2. The fraction of sp³-hybridized carbons (Fsp3) is 0.318. The lowest BCUT2D eigenvalue weighted by Crippen LogP contribution is -2.33. The van der Waals surface area contributed by atoms with E-state index in [1.165, 1.54) is 23.1 Å². The lowest BCUT2D eigenvalue weighted by molar-refractivity contribution is -0.131. The largest absolute Gasteiger partial charge is 0.492 e. The molecule has 2 amide bonds. The summed E-state index contributed by atoms with van der Waals surface area (Å²) in [4.78, 5) is 33.0. The number of aromatic nitrogens is 4. The minimum atomic E-state index is -0.837. The van der Waals surface area contributed by atoms with Crippen LogP contribution in [0.5, 0.6) is 5.75 Å². The topological polar surface area (TPSA) is 114 Å². The monoisotopic (exact) mass is 455 g/mol. The van der Waals surface area contributed by atoms with Crippen LogP contribution in [0.25, 0.3) is 0 Å². The van der Waals surface area contributed by atoms with Gasteiger partial charge >= 0.3 is 6.08 Å². The van der Waals surface area contributed by atoms with Gasteiger partial charge in [-0.3, -0.25) is 14.3 Å². The Labute approximate surface area is 190 Å². The van der Waals surface area contributed by atoms with E-state index in [1.54, 1.807) is 18.1 Å². The first-order valence-electron chi connectivity index (χ1n) is 10.4. The number of carbonyl (C=O) groups excluding carboxylic acids is 2. The maximum absolute atomic E-state index is 12.9. The van der Waals surface area contributed by atoms with Gasteiger partial charge < -0.3 is 20.3 Å². The van der Waals surface area contributed by atoms with Gasteiger partial charge in [0.2, 0.25) is 11.8 Å². The van der Waals surface area contributed by atoms with Gasteiger partial charge in [0.15, 0.2) is 0 Å². The van der Waals surface area contributed by atoms with E-state index in [2.05, 4.69) is 25.7 Å². The van der Waals surface area contributed by atoms with Crippen LogP contribution in [0, 0.1) is 13.0 Å². The highest BCUT2D eigenvalue weighted by Crippen LogP contribution is 2.11. The van der Waals surface area contributed by atoms with E-state index in [-0.39, 0.29) is 31.3 Å². The molecule has 3 rings (SSSR count). The number of ether oxygens (including phenoxy) is 1. The predicted molar refractivity (Wildman–Crippen MR) is 120 cm³/mol. The number of hydrogen-bond donors (Lipinski definition) is 2. The van der Waals surface area contributed by atoms with Crippen LogP contribution in [-0.2, 0) is 16.1 Å². The van der Waals surface area contributed by atoms with E-state index in [1.807, 2.05) is 31.2 Å². The fourth-order valence-electron chi connectivity index (χ4n) is 2.79. The van der Waals surface area contributed by atoms with Crippen molar-refractivity contribution < 1.29 is 18.7 Å². The van der Waals surface area contributed by atoms with Crippen LogP contribution < -0.4 is 15.4 Å². The van der Waals surface area contributed by atoms with Gasteiger partial charge in [-0.15, -0.1) is 0 Å². The van der Waals surface area contributed by atoms with Crippen LogP contribution in [0.15, 0.2) is 48.9 Å². The van der Waals surface area contributed by atoms with Crippen LogP contribution in [0.4, 0.5) is 15.9 Å². The molecule has 0 unspecified atom stereocenters. The highest BCUT2D eigenvalue weighted by Gasteiger charge is 2.12. The van der Waals surface area contributed by atoms with Gasteiger partial charge in [0.1, 0.15) is 24.7 Å². The molecule has 3 aromatic rings. The van der Waals surface area contributed by atoms with Gasteiger partial charge in [-0.05, 0) is 25.1 Å². The van der Waals surface area contributed by atoms with Crippen molar-refractivity contribution in [3.05, 3.63) is 60.6 Å². The molecule has 0 saturated carbocycles. The third kappa shape index (κ3) is 7.87. The average Bonchev–Trinajstić information content (AvgIpc) is 3.21. The molecule has 174 valence electrons. The molecular formula is C22H26FN7O3. The summed E-state index contributed by atoms with van der Waals surface area (Å²) in [6.07, 6.45) is 3.64. The molecule has 0 radical (unpaired) electrons. The summed E-state index contributed by atoms with van der Waals surface area (Å²) in [5.41, 5.74) is 1.63. The van der Waals surface area contributed by atoms with Crippen LogP contribution >= 0.6 is 0 Å². The number of nitrogens with one attached hydrogen (secondary N) is 2. The molecule has 10 nitrogen and oxygen atoms in total. The molecule has 2 heterocycles. The van der Waals surface area contributed by atoms with Gasteiger partial charge in [-0.2, -0.15) is 14.5 Å². The molecule has 33 heavy (non-hydrogen) atoms. The summed E-state index contributed by atoms with van der Waals surface area (Å²) in [6.45, 7) is 3.12. The molecule has 0 aliphatic carbocycles. The summed E-state index contributed by atoms with van der Waals surface area (Å²) in [6, 6.07) is 9.22. The molecule has 0 spiro atoms. The summed E-state index contributed by atoms with van der Waals surface area (Å²) in [5.74, 6) is 0.668. The van der Waals surface area contributed by atoms with Gasteiger partial charge in [-0.1, -0.05) is 17.7 Å². The van der Waals surface area contributed by atoms with Crippen molar-refractivity contribution in [3.63, 3.8) is 0 Å². The number of hydrogen-bond acceptors (Lipinski definition) is 7. The zero-order chi connectivity index (χ0) is 23.6. The van der Waals surface area contributed by atoms with Crippen molar-refractivity contribution in [2.45, 2.75) is 19.9 Å². The zero-order valence-corrected chi connectivity index (χ0v) is 18.5. The first-order chi connectivity index (χ1) is 15.9. The fourth-order valence-corrected chi connectivity index (χ4v) is 2.79. The van der Waals surface area contributed by atoms with E-state index in [4.69, 9.17) is 4.74 Å². The second-order valence-electron chi connectivity index (χ2n) is 7.34. The van der Waals surface area contributed by atoms with E-state index in [0.29, 0.717) is 24.7 Å². The number of halogens is 1. The molecule has 0 atom stereocenters. The van der Waals surface area contributed by atoms with E-state index in [9.17, 15) is 14.0 Å². The number of rotatable bonds is 11. The SMILES string of the molecule is Cc1ccc(OCCN(C)C(=O)Cn2cc(NC(=O)CCNc3ccnc(F)n3)cn2)cc1. The number of nitrogens with zero attached hydrogens (tertiary/aromatic N) is 5. The standard InChI is InChI=1S/C22H26FN7O3/c1-16-3-5-18(6-4-16)33-12-11-29(2)21(32)15-30-14-17(13-26-30)27-20(31)8-10-24-19-7-9-25-22(23)28-19/h3-7,9,13-14H,8,10-12,15H2,1-2H3,(H,27,31)(H,24,25,28). The number of aryl methyl sites for hydroxylation is 1. The normalized spacial score (nSPS) is 10.5. The van der Waals surface area contributed by atoms with Gasteiger partial charge in [0, 0.05) is 32.4 Å². The summed E-state index contributed by atoms with van der Waals surface area (Å²) in [7, 11) is 1.70. The second kappa shape index (κ2) is 11.6. The average molecular weight is 455 g/mol. The minimum Gasteiger partial charge on any atom is -0.492 e. The van der Waals surface area contributed by atoms with Crippen LogP contribution in [-0.4, -0.2) is 63.2 Å². The Morgan fingerprint density at radius 1 is 1.21 bits per heavy atom. The van der Waals surface area contributed by atoms with E-state index >= 15 is 0 Å². The molecule has 2 aromatic heterocycles. The van der Waals surface area contributed by atoms with E-state index in [0.717, 1.165) is 11.3 Å². The first-order valence-corrected chi connectivity index (χ1v) is 10.4. The highest BCUT2D eigenvalue weighted by atomic mass is 19.1. The van der Waals surface area contributed by atoms with Gasteiger partial charge in [-0.25, -0.2) is 4.98 Å². The quantitative estimate of drug-likeness (QED) is 0.426. The Hall–Kier alpha value is -4.02.